The summed E-state index contributed by atoms with van der Waals surface area (Å²) in [7, 11) is 0. The number of rotatable bonds is 7. The highest BCUT2D eigenvalue weighted by molar-refractivity contribution is 5.40. The number of anilines is 1. The highest BCUT2D eigenvalue weighted by Crippen LogP contribution is 2.10. The lowest BCUT2D eigenvalue weighted by molar-refractivity contribution is 0.243. The van der Waals surface area contributed by atoms with Crippen LogP contribution in [0.15, 0.2) is 24.3 Å². The Morgan fingerprint density at radius 1 is 1.31 bits per heavy atom. The lowest BCUT2D eigenvalue weighted by atomic mass is 10.2. The molecule has 90 valence electrons. The molecular weight excluding hydrogens is 200 g/mol. The van der Waals surface area contributed by atoms with Gasteiger partial charge in [-0.25, -0.2) is 0 Å². The Hall–Kier alpha value is -1.06. The zero-order valence-electron chi connectivity index (χ0n) is 10.0. The van der Waals surface area contributed by atoms with Gasteiger partial charge in [0.2, 0.25) is 0 Å². The standard InChI is InChI=1S/C13H22N2O/c1-2-15(8-3-4-9-16)11-12-6-5-7-13(14)10-12/h5-7,10,16H,2-4,8-9,11,14H2,1H3. The van der Waals surface area contributed by atoms with Crippen molar-refractivity contribution in [1.82, 2.24) is 4.90 Å². The highest BCUT2D eigenvalue weighted by atomic mass is 16.2. The van der Waals surface area contributed by atoms with Crippen LogP contribution in [0.1, 0.15) is 25.3 Å². The van der Waals surface area contributed by atoms with Crippen molar-refractivity contribution in [1.29, 1.82) is 0 Å². The van der Waals surface area contributed by atoms with Crippen LogP contribution in [-0.2, 0) is 6.54 Å². The molecule has 0 atom stereocenters. The van der Waals surface area contributed by atoms with E-state index in [0.717, 1.165) is 38.2 Å². The average molecular weight is 222 g/mol. The quantitative estimate of drug-likeness (QED) is 0.547. The molecule has 0 saturated heterocycles. The lowest BCUT2D eigenvalue weighted by Crippen LogP contribution is -2.24. The van der Waals surface area contributed by atoms with Crippen molar-refractivity contribution in [3.63, 3.8) is 0 Å². The van der Waals surface area contributed by atoms with E-state index in [1.807, 2.05) is 18.2 Å². The van der Waals surface area contributed by atoms with Gasteiger partial charge in [-0.3, -0.25) is 4.90 Å². The number of nitrogen functional groups attached to an aromatic ring is 1. The summed E-state index contributed by atoms with van der Waals surface area (Å²) in [6.07, 6.45) is 1.93. The molecule has 0 unspecified atom stereocenters. The minimum Gasteiger partial charge on any atom is -0.399 e. The molecule has 1 aromatic carbocycles. The van der Waals surface area contributed by atoms with Gasteiger partial charge in [-0.1, -0.05) is 19.1 Å². The van der Waals surface area contributed by atoms with E-state index in [-0.39, 0.29) is 6.61 Å². The molecule has 3 N–H and O–H groups in total. The summed E-state index contributed by atoms with van der Waals surface area (Å²) >= 11 is 0. The average Bonchev–Trinajstić information content (AvgIpc) is 2.28. The van der Waals surface area contributed by atoms with E-state index in [9.17, 15) is 0 Å². The maximum atomic E-state index is 8.74. The number of nitrogens with zero attached hydrogens (tertiary/aromatic N) is 1. The first-order valence-corrected chi connectivity index (χ1v) is 5.94. The number of aliphatic hydroxyl groups is 1. The second-order valence-electron chi connectivity index (χ2n) is 4.04. The molecule has 3 nitrogen and oxygen atoms in total. The Morgan fingerprint density at radius 3 is 2.75 bits per heavy atom. The van der Waals surface area contributed by atoms with Crippen LogP contribution in [0, 0.1) is 0 Å². The summed E-state index contributed by atoms with van der Waals surface area (Å²) < 4.78 is 0. The van der Waals surface area contributed by atoms with E-state index in [1.165, 1.54) is 5.56 Å². The third-order valence-electron chi connectivity index (χ3n) is 2.69. The van der Waals surface area contributed by atoms with Crippen LogP contribution >= 0.6 is 0 Å². The number of nitrogens with two attached hydrogens (primary N) is 1. The Balaban J connectivity index is 2.43. The monoisotopic (exact) mass is 222 g/mol. The van der Waals surface area contributed by atoms with Gasteiger partial charge in [-0.15, -0.1) is 0 Å². The molecule has 0 radical (unpaired) electrons. The zero-order chi connectivity index (χ0) is 11.8. The van der Waals surface area contributed by atoms with Crippen molar-refractivity contribution >= 4 is 5.69 Å². The van der Waals surface area contributed by atoms with Crippen molar-refractivity contribution < 1.29 is 5.11 Å². The molecule has 0 amide bonds. The Morgan fingerprint density at radius 2 is 2.12 bits per heavy atom. The van der Waals surface area contributed by atoms with Crippen molar-refractivity contribution in [3.8, 4) is 0 Å². The van der Waals surface area contributed by atoms with Crippen LogP contribution < -0.4 is 5.73 Å². The third-order valence-corrected chi connectivity index (χ3v) is 2.69. The fraction of sp³-hybridized carbons (Fsp3) is 0.538. The number of unbranched alkanes of at least 4 members (excludes halogenated alkanes) is 1. The normalized spacial score (nSPS) is 10.9. The van der Waals surface area contributed by atoms with E-state index in [4.69, 9.17) is 10.8 Å². The fourth-order valence-corrected chi connectivity index (χ4v) is 1.75. The van der Waals surface area contributed by atoms with E-state index in [0.29, 0.717) is 0 Å². The Labute approximate surface area is 97.9 Å². The smallest absolute Gasteiger partial charge is 0.0431 e. The van der Waals surface area contributed by atoms with Gasteiger partial charge in [0, 0.05) is 18.8 Å². The van der Waals surface area contributed by atoms with E-state index < -0.39 is 0 Å². The van der Waals surface area contributed by atoms with Crippen LogP contribution in [0.3, 0.4) is 0 Å². The number of hydrogen-bond acceptors (Lipinski definition) is 3. The van der Waals surface area contributed by atoms with Gasteiger partial charge in [0.05, 0.1) is 0 Å². The van der Waals surface area contributed by atoms with Crippen LogP contribution in [0.25, 0.3) is 0 Å². The number of hydrogen-bond donors (Lipinski definition) is 2. The highest BCUT2D eigenvalue weighted by Gasteiger charge is 2.03. The molecule has 0 fully saturated rings. The van der Waals surface area contributed by atoms with Gasteiger partial charge in [0.1, 0.15) is 0 Å². The molecule has 0 aromatic heterocycles. The van der Waals surface area contributed by atoms with E-state index >= 15 is 0 Å². The SMILES string of the molecule is CCN(CCCCO)Cc1cccc(N)c1. The first kappa shape index (κ1) is 13.0. The molecule has 0 aliphatic rings. The predicted molar refractivity (Wildman–Crippen MR) is 68.1 cm³/mol. The number of aliphatic hydroxyl groups excluding tert-OH is 1. The molecule has 0 saturated carbocycles. The first-order valence-electron chi connectivity index (χ1n) is 5.94. The van der Waals surface area contributed by atoms with Crippen LogP contribution in [-0.4, -0.2) is 29.7 Å². The molecular formula is C13H22N2O. The molecule has 0 spiro atoms. The van der Waals surface area contributed by atoms with Crippen LogP contribution in [0.5, 0.6) is 0 Å². The zero-order valence-corrected chi connectivity index (χ0v) is 10.0. The number of benzene rings is 1. The van der Waals surface area contributed by atoms with Crippen molar-refractivity contribution in [2.24, 2.45) is 0 Å². The predicted octanol–water partition coefficient (Wildman–Crippen LogP) is 1.86. The topological polar surface area (TPSA) is 49.5 Å². The largest absolute Gasteiger partial charge is 0.399 e. The van der Waals surface area contributed by atoms with Gasteiger partial charge < -0.3 is 10.8 Å². The van der Waals surface area contributed by atoms with Gasteiger partial charge >= 0.3 is 0 Å². The molecule has 0 bridgehead atoms. The summed E-state index contributed by atoms with van der Waals surface area (Å²) in [6.45, 7) is 5.44. The fourth-order valence-electron chi connectivity index (χ4n) is 1.75. The summed E-state index contributed by atoms with van der Waals surface area (Å²) in [5.41, 5.74) is 7.82. The van der Waals surface area contributed by atoms with Gasteiger partial charge in [-0.05, 0) is 43.6 Å². The first-order chi connectivity index (χ1) is 7.76. The second-order valence-corrected chi connectivity index (χ2v) is 4.04. The third kappa shape index (κ3) is 4.64. The maximum Gasteiger partial charge on any atom is 0.0431 e. The van der Waals surface area contributed by atoms with E-state index in [1.54, 1.807) is 0 Å². The van der Waals surface area contributed by atoms with Crippen molar-refractivity contribution in [3.05, 3.63) is 29.8 Å². The maximum absolute atomic E-state index is 8.74. The van der Waals surface area contributed by atoms with Gasteiger partial charge in [0.15, 0.2) is 0 Å². The minimum absolute atomic E-state index is 0.288. The molecule has 16 heavy (non-hydrogen) atoms. The minimum atomic E-state index is 0.288. The second kappa shape index (κ2) is 7.25. The Bertz CT molecular complexity index is 302. The molecule has 1 aromatic rings. The summed E-state index contributed by atoms with van der Waals surface area (Å²) in [6, 6.07) is 8.03. The van der Waals surface area contributed by atoms with Crippen molar-refractivity contribution in [2.75, 3.05) is 25.4 Å². The Kier molecular flexibility index (Phi) is 5.90. The summed E-state index contributed by atoms with van der Waals surface area (Å²) in [5, 5.41) is 8.74. The molecule has 0 aliphatic heterocycles. The van der Waals surface area contributed by atoms with E-state index in [2.05, 4.69) is 17.9 Å². The van der Waals surface area contributed by atoms with Gasteiger partial charge in [0.25, 0.3) is 0 Å². The van der Waals surface area contributed by atoms with Crippen LogP contribution in [0.4, 0.5) is 5.69 Å². The molecule has 1 rings (SSSR count). The summed E-state index contributed by atoms with van der Waals surface area (Å²) in [5.74, 6) is 0. The van der Waals surface area contributed by atoms with Gasteiger partial charge in [-0.2, -0.15) is 0 Å². The van der Waals surface area contributed by atoms with Crippen molar-refractivity contribution in [2.45, 2.75) is 26.3 Å². The lowest BCUT2D eigenvalue weighted by Gasteiger charge is -2.20. The molecule has 0 aliphatic carbocycles. The molecule has 0 heterocycles. The molecule has 3 heteroatoms. The van der Waals surface area contributed by atoms with Crippen LogP contribution in [0.2, 0.25) is 0 Å². The summed E-state index contributed by atoms with van der Waals surface area (Å²) in [4.78, 5) is 2.37.